The predicted octanol–water partition coefficient (Wildman–Crippen LogP) is 6.27. The Hall–Kier alpha value is -3.49. The summed E-state index contributed by atoms with van der Waals surface area (Å²) in [5.41, 5.74) is 4.64. The van der Waals surface area contributed by atoms with E-state index in [1.54, 1.807) is 0 Å². The van der Waals surface area contributed by atoms with Crippen molar-refractivity contribution in [3.8, 4) is 0 Å². The molecule has 6 rings (SSSR count). The van der Waals surface area contributed by atoms with Gasteiger partial charge >= 0.3 is 0 Å². The maximum Gasteiger partial charge on any atom is 0.0790 e. The monoisotopic (exact) mass is 415 g/mol. The molecule has 5 aromatic rings. The van der Waals surface area contributed by atoms with Crippen LogP contribution in [0.2, 0.25) is 0 Å². The number of hydrogen-bond acceptors (Lipinski definition) is 2. The van der Waals surface area contributed by atoms with Crippen LogP contribution in [-0.4, -0.2) is 5.71 Å². The Morgan fingerprint density at radius 3 is 2.39 bits per heavy atom. The molecule has 0 saturated carbocycles. The topological polar surface area (TPSA) is 12.4 Å². The highest BCUT2D eigenvalue weighted by Crippen LogP contribution is 2.38. The molecule has 0 bridgehead atoms. The Morgan fingerprint density at radius 1 is 0.677 bits per heavy atom. The standard InChI is InChI=1S/C29H21NS/c1-2-11-21(12-3-1)25-17-8-13-20-10-4-5-14-22(20)29(30-25)24-16-9-19-27-28(24)23-15-6-7-18-26(23)31-27/h1-7,9-16,18-19H,8,17H2/b20-13-,29-22-,30-25?. The molecule has 0 saturated heterocycles. The van der Waals surface area contributed by atoms with Gasteiger partial charge in [-0.3, -0.25) is 4.99 Å². The fraction of sp³-hybridized carbons (Fsp3) is 0.0690. The minimum atomic E-state index is 0.933. The molecule has 0 spiro atoms. The number of thiophene rings is 1. The molecule has 148 valence electrons. The lowest BCUT2D eigenvalue weighted by Crippen LogP contribution is -2.28. The fourth-order valence-corrected chi connectivity index (χ4v) is 5.66. The first kappa shape index (κ1) is 18.3. The minimum absolute atomic E-state index is 0.933. The summed E-state index contributed by atoms with van der Waals surface area (Å²) in [7, 11) is 0. The Kier molecular flexibility index (Phi) is 4.51. The van der Waals surface area contributed by atoms with Gasteiger partial charge in [0.1, 0.15) is 0 Å². The molecule has 1 nitrogen and oxygen atoms in total. The zero-order valence-electron chi connectivity index (χ0n) is 17.1. The number of hydrogen-bond donors (Lipinski definition) is 0. The molecule has 2 heterocycles. The lowest BCUT2D eigenvalue weighted by molar-refractivity contribution is 1.12. The number of fused-ring (bicyclic) bond motifs is 4. The van der Waals surface area contributed by atoms with Crippen LogP contribution in [0, 0.1) is 0 Å². The van der Waals surface area contributed by atoms with E-state index >= 15 is 0 Å². The van der Waals surface area contributed by atoms with Crippen molar-refractivity contribution in [2.75, 3.05) is 0 Å². The summed E-state index contributed by atoms with van der Waals surface area (Å²) in [5.74, 6) is 0. The van der Waals surface area contributed by atoms with E-state index in [4.69, 9.17) is 4.99 Å². The molecule has 1 aliphatic heterocycles. The molecular formula is C29H21NS. The van der Waals surface area contributed by atoms with E-state index in [-0.39, 0.29) is 0 Å². The van der Waals surface area contributed by atoms with E-state index < -0.39 is 0 Å². The second-order valence-corrected chi connectivity index (χ2v) is 8.96. The molecule has 0 radical (unpaired) electrons. The number of aliphatic imine (C=N–C) groups is 1. The fourth-order valence-electron chi connectivity index (χ4n) is 4.52. The van der Waals surface area contributed by atoms with Gasteiger partial charge in [-0.2, -0.15) is 0 Å². The highest BCUT2D eigenvalue weighted by molar-refractivity contribution is 7.25. The first-order chi connectivity index (χ1) is 15.4. The molecular weight excluding hydrogens is 394 g/mol. The molecule has 2 heteroatoms. The van der Waals surface area contributed by atoms with Gasteiger partial charge < -0.3 is 0 Å². The largest absolute Gasteiger partial charge is 0.252 e. The third-order valence-electron chi connectivity index (χ3n) is 5.97. The number of benzene rings is 4. The molecule has 1 aliphatic rings. The van der Waals surface area contributed by atoms with Gasteiger partial charge in [0.05, 0.1) is 5.70 Å². The highest BCUT2D eigenvalue weighted by atomic mass is 32.1. The van der Waals surface area contributed by atoms with Gasteiger partial charge in [0.2, 0.25) is 0 Å². The predicted molar refractivity (Wildman–Crippen MR) is 134 cm³/mol. The number of rotatable bonds is 2. The lowest BCUT2D eigenvalue weighted by atomic mass is 9.98. The molecule has 1 aromatic heterocycles. The van der Waals surface area contributed by atoms with Crippen molar-refractivity contribution >= 4 is 49.0 Å². The molecule has 0 fully saturated rings. The van der Waals surface area contributed by atoms with Crippen molar-refractivity contribution in [1.82, 2.24) is 0 Å². The average molecular weight is 416 g/mol. The first-order valence-electron chi connectivity index (χ1n) is 10.7. The summed E-state index contributed by atoms with van der Waals surface area (Å²) in [6, 6.07) is 34.6. The molecule has 0 amide bonds. The normalized spacial score (nSPS) is 16.8. The van der Waals surface area contributed by atoms with Crippen LogP contribution in [0.1, 0.15) is 24.0 Å². The van der Waals surface area contributed by atoms with Crippen molar-refractivity contribution in [2.45, 2.75) is 12.8 Å². The molecule has 0 N–H and O–H groups in total. The van der Waals surface area contributed by atoms with E-state index in [1.165, 1.54) is 41.7 Å². The highest BCUT2D eigenvalue weighted by Gasteiger charge is 2.15. The van der Waals surface area contributed by atoms with Crippen molar-refractivity contribution in [3.05, 3.63) is 119 Å². The van der Waals surface area contributed by atoms with E-state index in [0.717, 1.165) is 24.3 Å². The van der Waals surface area contributed by atoms with Crippen LogP contribution in [-0.2, 0) is 0 Å². The van der Waals surface area contributed by atoms with E-state index in [9.17, 15) is 0 Å². The van der Waals surface area contributed by atoms with Crippen molar-refractivity contribution < 1.29 is 0 Å². The van der Waals surface area contributed by atoms with Crippen LogP contribution in [0.25, 0.3) is 31.9 Å². The lowest BCUT2D eigenvalue weighted by Gasteiger charge is -2.13. The molecule has 0 unspecified atom stereocenters. The number of nitrogens with zero attached hydrogens (tertiary/aromatic N) is 1. The summed E-state index contributed by atoms with van der Waals surface area (Å²) >= 11 is 1.86. The maximum atomic E-state index is 5.37. The van der Waals surface area contributed by atoms with Crippen LogP contribution < -0.4 is 10.4 Å². The van der Waals surface area contributed by atoms with Crippen LogP contribution in [0.5, 0.6) is 0 Å². The smallest absolute Gasteiger partial charge is 0.0790 e. The van der Waals surface area contributed by atoms with Gasteiger partial charge in [-0.25, -0.2) is 0 Å². The van der Waals surface area contributed by atoms with Crippen molar-refractivity contribution in [3.63, 3.8) is 0 Å². The first-order valence-corrected chi connectivity index (χ1v) is 11.5. The Balaban J connectivity index is 1.75. The Bertz CT molecular complexity index is 1570. The Morgan fingerprint density at radius 2 is 1.45 bits per heavy atom. The van der Waals surface area contributed by atoms with Gasteiger partial charge in [0.15, 0.2) is 0 Å². The second-order valence-electron chi connectivity index (χ2n) is 7.88. The molecule has 31 heavy (non-hydrogen) atoms. The van der Waals surface area contributed by atoms with Crippen LogP contribution >= 0.6 is 11.3 Å². The third-order valence-corrected chi connectivity index (χ3v) is 7.11. The van der Waals surface area contributed by atoms with Gasteiger partial charge in [-0.1, -0.05) is 91.0 Å². The van der Waals surface area contributed by atoms with Crippen LogP contribution in [0.15, 0.2) is 102 Å². The quantitative estimate of drug-likeness (QED) is 0.322. The summed E-state index contributed by atoms with van der Waals surface area (Å²) in [6.07, 6.45) is 4.28. The van der Waals surface area contributed by atoms with Gasteiger partial charge in [-0.05, 0) is 35.8 Å². The van der Waals surface area contributed by atoms with Crippen molar-refractivity contribution in [1.29, 1.82) is 0 Å². The second kappa shape index (κ2) is 7.64. The SMILES string of the molecule is C1=c2/cccc/c2=C(\c2cccc3sc4ccccc4c23)N=C(c2ccccc2)CC/1. The maximum absolute atomic E-state index is 5.37. The average Bonchev–Trinajstić information content (AvgIpc) is 3.20. The Labute approximate surface area is 185 Å². The molecule has 4 aromatic carbocycles. The van der Waals surface area contributed by atoms with Crippen LogP contribution in [0.3, 0.4) is 0 Å². The minimum Gasteiger partial charge on any atom is -0.252 e. The van der Waals surface area contributed by atoms with Gasteiger partial charge in [0, 0.05) is 36.7 Å². The zero-order chi connectivity index (χ0) is 20.6. The third kappa shape index (κ3) is 3.20. The summed E-state index contributed by atoms with van der Waals surface area (Å²) in [4.78, 5) is 5.37. The summed E-state index contributed by atoms with van der Waals surface area (Å²) < 4.78 is 2.63. The van der Waals surface area contributed by atoms with E-state index in [0.29, 0.717) is 0 Å². The molecule has 0 aliphatic carbocycles. The van der Waals surface area contributed by atoms with Crippen molar-refractivity contribution in [2.24, 2.45) is 4.99 Å². The van der Waals surface area contributed by atoms with Gasteiger partial charge in [0.25, 0.3) is 0 Å². The van der Waals surface area contributed by atoms with Crippen LogP contribution in [0.4, 0.5) is 0 Å². The summed E-state index contributed by atoms with van der Waals surface area (Å²) in [5, 5.41) is 5.10. The van der Waals surface area contributed by atoms with E-state index in [2.05, 4.69) is 103 Å². The molecule has 0 atom stereocenters. The van der Waals surface area contributed by atoms with Gasteiger partial charge in [-0.15, -0.1) is 11.3 Å². The van der Waals surface area contributed by atoms with E-state index in [1.807, 2.05) is 11.3 Å². The summed E-state index contributed by atoms with van der Waals surface area (Å²) in [6.45, 7) is 0. The zero-order valence-corrected chi connectivity index (χ0v) is 17.9.